The van der Waals surface area contributed by atoms with Crippen molar-refractivity contribution in [3.8, 4) is 5.69 Å². The average molecular weight is 616 g/mol. The second kappa shape index (κ2) is 10.5. The number of hydrogen-bond donors (Lipinski definition) is 1. The molecule has 2 aromatic heterocycles. The van der Waals surface area contributed by atoms with Gasteiger partial charge in [0, 0.05) is 32.5 Å². The van der Waals surface area contributed by atoms with Gasteiger partial charge in [-0.2, -0.15) is 4.99 Å². The van der Waals surface area contributed by atoms with Crippen LogP contribution in [0.4, 0.5) is 0 Å². The van der Waals surface area contributed by atoms with Gasteiger partial charge in [-0.25, -0.2) is 4.99 Å². The zero-order valence-electron chi connectivity index (χ0n) is 26.0. The topological polar surface area (TPSA) is 46.6 Å². The predicted octanol–water partition coefficient (Wildman–Crippen LogP) is 10.00. The molecule has 1 aliphatic rings. The summed E-state index contributed by atoms with van der Waals surface area (Å²) in [6, 6.07) is 57.8. The van der Waals surface area contributed by atoms with Gasteiger partial charge in [0.05, 0.1) is 27.8 Å². The van der Waals surface area contributed by atoms with Crippen molar-refractivity contribution >= 4 is 66.2 Å². The molecule has 1 unspecified atom stereocenters. The molecular weight excluding hydrogens is 587 g/mol. The Morgan fingerprint density at radius 1 is 0.479 bits per heavy atom. The molecule has 0 amide bonds. The third-order valence-corrected chi connectivity index (χ3v) is 9.57. The summed E-state index contributed by atoms with van der Waals surface area (Å²) in [6.07, 6.45) is -0.304. The summed E-state index contributed by atoms with van der Waals surface area (Å²) in [5.74, 6) is 1.45. The van der Waals surface area contributed by atoms with E-state index in [9.17, 15) is 0 Å². The summed E-state index contributed by atoms with van der Waals surface area (Å²) in [7, 11) is 0. The highest BCUT2D eigenvalue weighted by molar-refractivity contribution is 6.28. The molecule has 0 spiro atoms. The van der Waals surface area contributed by atoms with Gasteiger partial charge in [0.15, 0.2) is 0 Å². The van der Waals surface area contributed by atoms with Crippen LogP contribution in [0.2, 0.25) is 0 Å². The zero-order chi connectivity index (χ0) is 31.6. The van der Waals surface area contributed by atoms with Crippen molar-refractivity contribution in [1.29, 1.82) is 0 Å². The number of nitrogens with one attached hydrogen (secondary N) is 1. The summed E-state index contributed by atoms with van der Waals surface area (Å²) < 4.78 is 4.71. The lowest BCUT2D eigenvalue weighted by Crippen LogP contribution is -2.35. The van der Waals surface area contributed by atoms with E-state index in [1.165, 1.54) is 32.3 Å². The van der Waals surface area contributed by atoms with Gasteiger partial charge >= 0.3 is 0 Å². The second-order valence-electron chi connectivity index (χ2n) is 12.3. The summed E-state index contributed by atoms with van der Waals surface area (Å²) >= 11 is 0. The van der Waals surface area contributed by atoms with Gasteiger partial charge in [0.1, 0.15) is 12.0 Å². The Balaban J connectivity index is 1.34. The maximum Gasteiger partial charge on any atom is 0.234 e. The van der Waals surface area contributed by atoms with Crippen LogP contribution >= 0.6 is 0 Å². The fourth-order valence-electron chi connectivity index (χ4n) is 7.46. The van der Waals surface area contributed by atoms with Gasteiger partial charge in [-0.1, -0.05) is 140 Å². The fourth-order valence-corrected chi connectivity index (χ4v) is 7.46. The molecule has 0 saturated carbocycles. The molecule has 1 atom stereocenters. The molecule has 1 aliphatic heterocycles. The minimum absolute atomic E-state index is 0.304. The number of rotatable bonds is 3. The predicted molar refractivity (Wildman–Crippen MR) is 199 cm³/mol. The first-order valence-corrected chi connectivity index (χ1v) is 16.3. The van der Waals surface area contributed by atoms with Crippen molar-refractivity contribution in [2.45, 2.75) is 6.17 Å². The SMILES string of the molecule is c1ccc(C2=NC(n3c4ccccc4c4ccc5c(c6ccccc6n5-c5cccc6ccccc56)c43)=NC(c3ccccc3)N2)cc1. The smallest absolute Gasteiger partial charge is 0.234 e. The number of aromatic nitrogens is 2. The van der Waals surface area contributed by atoms with Gasteiger partial charge in [-0.15, -0.1) is 0 Å². The Labute approximate surface area is 276 Å². The molecule has 7 aromatic carbocycles. The Kier molecular flexibility index (Phi) is 5.87. The quantitative estimate of drug-likeness (QED) is 0.211. The standard InChI is InChI=1S/C43H29N5/c1-3-15-29(16-4-1)41-44-42(30-17-5-2-6-18-30)46-43(45-41)48-36-23-11-9-21-32(36)33-26-27-38-39(40(33)48)34-22-10-12-24-37(34)47(38)35-25-13-19-28-14-7-8-20-31(28)35/h1-27,41H,(H,44,45,46). The van der Waals surface area contributed by atoms with Crippen molar-refractivity contribution in [1.82, 2.24) is 14.5 Å². The van der Waals surface area contributed by atoms with Crippen LogP contribution in [0.3, 0.4) is 0 Å². The average Bonchev–Trinajstić information content (AvgIpc) is 3.68. The summed E-state index contributed by atoms with van der Waals surface area (Å²) in [4.78, 5) is 10.6. The van der Waals surface area contributed by atoms with E-state index in [0.29, 0.717) is 5.96 Å². The number of hydrogen-bond acceptors (Lipinski definition) is 3. The lowest BCUT2D eigenvalue weighted by Gasteiger charge is -2.24. The second-order valence-corrected chi connectivity index (χ2v) is 12.3. The monoisotopic (exact) mass is 615 g/mol. The van der Waals surface area contributed by atoms with Crippen LogP contribution in [-0.2, 0) is 0 Å². The maximum absolute atomic E-state index is 5.34. The zero-order valence-corrected chi connectivity index (χ0v) is 26.0. The lowest BCUT2D eigenvalue weighted by atomic mass is 10.1. The number of aliphatic imine (C=N–C) groups is 2. The molecule has 48 heavy (non-hydrogen) atoms. The number of amidine groups is 1. The molecule has 5 heteroatoms. The first-order valence-electron chi connectivity index (χ1n) is 16.3. The number of fused-ring (bicyclic) bond motifs is 8. The molecule has 0 radical (unpaired) electrons. The molecule has 10 rings (SSSR count). The van der Waals surface area contributed by atoms with E-state index < -0.39 is 0 Å². The van der Waals surface area contributed by atoms with Gasteiger partial charge < -0.3 is 9.88 Å². The van der Waals surface area contributed by atoms with Crippen LogP contribution in [-0.4, -0.2) is 20.9 Å². The molecule has 0 saturated heterocycles. The first kappa shape index (κ1) is 26.7. The first-order chi connectivity index (χ1) is 23.8. The van der Waals surface area contributed by atoms with Crippen molar-refractivity contribution < 1.29 is 0 Å². The fraction of sp³-hybridized carbons (Fsp3) is 0.0233. The Bertz CT molecular complexity index is 2750. The van der Waals surface area contributed by atoms with Gasteiger partial charge in [0.2, 0.25) is 5.96 Å². The van der Waals surface area contributed by atoms with Gasteiger partial charge in [-0.3, -0.25) is 4.57 Å². The van der Waals surface area contributed by atoms with E-state index in [1.54, 1.807) is 0 Å². The van der Waals surface area contributed by atoms with Crippen LogP contribution in [0.15, 0.2) is 174 Å². The normalized spacial score (nSPS) is 14.9. The van der Waals surface area contributed by atoms with E-state index >= 15 is 0 Å². The van der Waals surface area contributed by atoms with Crippen LogP contribution in [0.5, 0.6) is 0 Å². The van der Waals surface area contributed by atoms with Crippen molar-refractivity contribution in [2.75, 3.05) is 0 Å². The van der Waals surface area contributed by atoms with Crippen molar-refractivity contribution in [2.24, 2.45) is 9.98 Å². The third kappa shape index (κ3) is 3.98. The number of nitrogens with zero attached hydrogens (tertiary/aromatic N) is 4. The Hall–Kier alpha value is -6.46. The molecule has 3 heterocycles. The molecule has 0 aliphatic carbocycles. The summed E-state index contributed by atoms with van der Waals surface area (Å²) in [6.45, 7) is 0. The minimum atomic E-state index is -0.304. The molecule has 5 nitrogen and oxygen atoms in total. The summed E-state index contributed by atoms with van der Waals surface area (Å²) in [5.41, 5.74) is 7.75. The van der Waals surface area contributed by atoms with E-state index in [0.717, 1.165) is 44.7 Å². The molecule has 0 bridgehead atoms. The molecule has 9 aromatic rings. The van der Waals surface area contributed by atoms with Gasteiger partial charge in [0.25, 0.3) is 0 Å². The van der Waals surface area contributed by atoms with E-state index in [-0.39, 0.29) is 6.17 Å². The third-order valence-electron chi connectivity index (χ3n) is 9.57. The van der Waals surface area contributed by atoms with Crippen molar-refractivity contribution in [3.05, 3.63) is 175 Å². The van der Waals surface area contributed by atoms with Crippen LogP contribution in [0.1, 0.15) is 17.3 Å². The highest BCUT2D eigenvalue weighted by atomic mass is 15.3. The van der Waals surface area contributed by atoms with E-state index in [4.69, 9.17) is 9.98 Å². The molecule has 1 N–H and O–H groups in total. The lowest BCUT2D eigenvalue weighted by molar-refractivity contribution is 0.668. The molecule has 226 valence electrons. The maximum atomic E-state index is 5.34. The van der Waals surface area contributed by atoms with Crippen LogP contribution in [0, 0.1) is 0 Å². The van der Waals surface area contributed by atoms with Crippen molar-refractivity contribution in [3.63, 3.8) is 0 Å². The number of para-hydroxylation sites is 2. The summed E-state index contributed by atoms with van der Waals surface area (Å²) in [5, 5.41) is 10.8. The highest BCUT2D eigenvalue weighted by Crippen LogP contribution is 2.42. The molecular formula is C43H29N5. The van der Waals surface area contributed by atoms with Crippen LogP contribution in [0.25, 0.3) is 60.1 Å². The molecule has 0 fully saturated rings. The Morgan fingerprint density at radius 2 is 1.12 bits per heavy atom. The number of benzene rings is 7. The van der Waals surface area contributed by atoms with E-state index in [1.807, 2.05) is 12.1 Å². The highest BCUT2D eigenvalue weighted by Gasteiger charge is 2.26. The van der Waals surface area contributed by atoms with Gasteiger partial charge in [-0.05, 0) is 35.2 Å². The van der Waals surface area contributed by atoms with Crippen LogP contribution < -0.4 is 5.32 Å². The largest absolute Gasteiger partial charge is 0.344 e. The Morgan fingerprint density at radius 3 is 1.94 bits per heavy atom. The van der Waals surface area contributed by atoms with E-state index in [2.05, 4.69) is 166 Å². The minimum Gasteiger partial charge on any atom is -0.344 e.